The van der Waals surface area contributed by atoms with Crippen LogP contribution in [-0.2, 0) is 9.53 Å². The summed E-state index contributed by atoms with van der Waals surface area (Å²) in [5.41, 5.74) is 0. The molecule has 0 radical (unpaired) electrons. The standard InChI is InChI=1S/C19H28FN3O3/c20-17-2-4-18(5-3-17)26-13-1-6-21-7-9-23(10-8-21)19(24)16-22-11-14-25-15-12-22/h2-5H,1,6-16H2. The monoisotopic (exact) mass is 365 g/mol. The Labute approximate surface area is 154 Å². The Hall–Kier alpha value is -1.70. The van der Waals surface area contributed by atoms with Crippen molar-refractivity contribution in [3.63, 3.8) is 0 Å². The highest BCUT2D eigenvalue weighted by Gasteiger charge is 2.23. The van der Waals surface area contributed by atoms with E-state index in [-0.39, 0.29) is 11.7 Å². The van der Waals surface area contributed by atoms with Gasteiger partial charge in [0.2, 0.25) is 5.91 Å². The molecule has 2 fully saturated rings. The zero-order valence-electron chi connectivity index (χ0n) is 15.2. The van der Waals surface area contributed by atoms with Crippen molar-refractivity contribution in [1.29, 1.82) is 0 Å². The lowest BCUT2D eigenvalue weighted by molar-refractivity contribution is -0.135. The van der Waals surface area contributed by atoms with Crippen LogP contribution in [0.5, 0.6) is 5.75 Å². The molecule has 0 atom stereocenters. The summed E-state index contributed by atoms with van der Waals surface area (Å²) in [6.07, 6.45) is 0.916. The predicted molar refractivity (Wildman–Crippen MR) is 96.8 cm³/mol. The second kappa shape index (κ2) is 9.85. The molecule has 7 heteroatoms. The zero-order chi connectivity index (χ0) is 18.2. The van der Waals surface area contributed by atoms with E-state index < -0.39 is 0 Å². The summed E-state index contributed by atoms with van der Waals surface area (Å²) in [6.45, 7) is 8.62. The largest absolute Gasteiger partial charge is 0.494 e. The van der Waals surface area contributed by atoms with E-state index in [0.717, 1.165) is 65.4 Å². The molecule has 6 nitrogen and oxygen atoms in total. The summed E-state index contributed by atoms with van der Waals surface area (Å²) in [5, 5.41) is 0. The fourth-order valence-corrected chi connectivity index (χ4v) is 3.28. The van der Waals surface area contributed by atoms with Crippen LogP contribution in [0, 0.1) is 5.82 Å². The third kappa shape index (κ3) is 5.93. The van der Waals surface area contributed by atoms with Crippen molar-refractivity contribution >= 4 is 5.91 Å². The minimum Gasteiger partial charge on any atom is -0.494 e. The van der Waals surface area contributed by atoms with Gasteiger partial charge in [0.1, 0.15) is 11.6 Å². The highest BCUT2D eigenvalue weighted by Crippen LogP contribution is 2.11. The van der Waals surface area contributed by atoms with E-state index >= 15 is 0 Å². The van der Waals surface area contributed by atoms with E-state index in [1.807, 2.05) is 4.90 Å². The Kier molecular flexibility index (Phi) is 7.22. The number of amides is 1. The molecule has 0 N–H and O–H groups in total. The van der Waals surface area contributed by atoms with E-state index in [1.54, 1.807) is 12.1 Å². The molecule has 0 saturated carbocycles. The molecule has 0 aromatic heterocycles. The highest BCUT2D eigenvalue weighted by molar-refractivity contribution is 5.78. The molecule has 26 heavy (non-hydrogen) atoms. The maximum atomic E-state index is 12.8. The molecule has 1 aromatic carbocycles. The van der Waals surface area contributed by atoms with Gasteiger partial charge in [-0.2, -0.15) is 0 Å². The number of carbonyl (C=O) groups excluding carboxylic acids is 1. The Morgan fingerprint density at radius 2 is 1.69 bits per heavy atom. The summed E-state index contributed by atoms with van der Waals surface area (Å²) < 4.78 is 23.8. The first kappa shape index (κ1) is 19.1. The average molecular weight is 365 g/mol. The van der Waals surface area contributed by atoms with Crippen LogP contribution in [0.3, 0.4) is 0 Å². The summed E-state index contributed by atoms with van der Waals surface area (Å²) in [7, 11) is 0. The lowest BCUT2D eigenvalue weighted by atomic mass is 10.2. The Balaban J connectivity index is 1.28. The minimum absolute atomic E-state index is 0.228. The fraction of sp³-hybridized carbons (Fsp3) is 0.632. The van der Waals surface area contributed by atoms with Crippen LogP contribution in [0.4, 0.5) is 4.39 Å². The van der Waals surface area contributed by atoms with Gasteiger partial charge in [-0.05, 0) is 30.7 Å². The molecule has 2 aliphatic rings. The molecule has 0 unspecified atom stereocenters. The number of nitrogens with zero attached hydrogens (tertiary/aromatic N) is 3. The summed E-state index contributed by atoms with van der Waals surface area (Å²) >= 11 is 0. The quantitative estimate of drug-likeness (QED) is 0.677. The molecule has 2 saturated heterocycles. The molecular formula is C19H28FN3O3. The molecule has 3 rings (SSSR count). The first-order chi connectivity index (χ1) is 12.7. The van der Waals surface area contributed by atoms with Gasteiger partial charge in [0.25, 0.3) is 0 Å². The summed E-state index contributed by atoms with van der Waals surface area (Å²) in [4.78, 5) is 18.9. The number of hydrogen-bond donors (Lipinski definition) is 0. The van der Waals surface area contributed by atoms with E-state index in [1.165, 1.54) is 12.1 Å². The third-order valence-electron chi connectivity index (χ3n) is 4.89. The topological polar surface area (TPSA) is 45.2 Å². The predicted octanol–water partition coefficient (Wildman–Crippen LogP) is 1.07. The van der Waals surface area contributed by atoms with Crippen LogP contribution in [-0.4, -0.2) is 92.8 Å². The fourth-order valence-electron chi connectivity index (χ4n) is 3.28. The SMILES string of the molecule is O=C(CN1CCOCC1)N1CCN(CCCOc2ccc(F)cc2)CC1. The molecule has 1 amide bonds. The molecule has 0 bridgehead atoms. The van der Waals surface area contributed by atoms with E-state index in [9.17, 15) is 9.18 Å². The maximum absolute atomic E-state index is 12.8. The minimum atomic E-state index is -0.251. The second-order valence-electron chi connectivity index (χ2n) is 6.77. The normalized spacial score (nSPS) is 19.5. The van der Waals surface area contributed by atoms with Crippen molar-refractivity contribution in [2.45, 2.75) is 6.42 Å². The van der Waals surface area contributed by atoms with Gasteiger partial charge in [-0.15, -0.1) is 0 Å². The molecule has 2 aliphatic heterocycles. The molecule has 1 aromatic rings. The van der Waals surface area contributed by atoms with Gasteiger partial charge in [0.05, 0.1) is 26.4 Å². The maximum Gasteiger partial charge on any atom is 0.236 e. The number of hydrogen-bond acceptors (Lipinski definition) is 5. The Morgan fingerprint density at radius 3 is 2.38 bits per heavy atom. The smallest absolute Gasteiger partial charge is 0.236 e. The highest BCUT2D eigenvalue weighted by atomic mass is 19.1. The van der Waals surface area contributed by atoms with Crippen molar-refractivity contribution in [3.05, 3.63) is 30.1 Å². The van der Waals surface area contributed by atoms with Crippen LogP contribution in [0.1, 0.15) is 6.42 Å². The molecule has 0 spiro atoms. The van der Waals surface area contributed by atoms with Gasteiger partial charge in [0, 0.05) is 45.8 Å². The van der Waals surface area contributed by atoms with Crippen LogP contribution in [0.25, 0.3) is 0 Å². The first-order valence-corrected chi connectivity index (χ1v) is 9.39. The number of rotatable bonds is 7. The van der Waals surface area contributed by atoms with E-state index in [2.05, 4.69) is 9.80 Å². The zero-order valence-corrected chi connectivity index (χ0v) is 15.2. The van der Waals surface area contributed by atoms with E-state index in [0.29, 0.717) is 18.9 Å². The van der Waals surface area contributed by atoms with Crippen LogP contribution in [0.2, 0.25) is 0 Å². The van der Waals surface area contributed by atoms with Gasteiger partial charge in [-0.3, -0.25) is 14.6 Å². The molecule has 0 aliphatic carbocycles. The average Bonchev–Trinajstić information content (AvgIpc) is 2.68. The lowest BCUT2D eigenvalue weighted by Gasteiger charge is -2.36. The van der Waals surface area contributed by atoms with Crippen molar-refractivity contribution in [2.75, 3.05) is 72.2 Å². The second-order valence-corrected chi connectivity index (χ2v) is 6.77. The van der Waals surface area contributed by atoms with Crippen LogP contribution in [0.15, 0.2) is 24.3 Å². The van der Waals surface area contributed by atoms with Gasteiger partial charge in [-0.1, -0.05) is 0 Å². The lowest BCUT2D eigenvalue weighted by Crippen LogP contribution is -2.52. The van der Waals surface area contributed by atoms with Gasteiger partial charge >= 0.3 is 0 Å². The number of benzene rings is 1. The van der Waals surface area contributed by atoms with Crippen molar-refractivity contribution < 1.29 is 18.7 Å². The molecule has 144 valence electrons. The number of carbonyl (C=O) groups is 1. The summed E-state index contributed by atoms with van der Waals surface area (Å²) in [5.74, 6) is 0.675. The number of halogens is 1. The van der Waals surface area contributed by atoms with Gasteiger partial charge in [0.15, 0.2) is 0 Å². The number of piperazine rings is 1. The van der Waals surface area contributed by atoms with Crippen LogP contribution < -0.4 is 4.74 Å². The van der Waals surface area contributed by atoms with Crippen molar-refractivity contribution in [3.8, 4) is 5.75 Å². The first-order valence-electron chi connectivity index (χ1n) is 9.39. The molecule has 2 heterocycles. The van der Waals surface area contributed by atoms with E-state index in [4.69, 9.17) is 9.47 Å². The number of ether oxygens (including phenoxy) is 2. The number of morpholine rings is 1. The molecular weight excluding hydrogens is 337 g/mol. The Bertz CT molecular complexity index is 556. The van der Waals surface area contributed by atoms with Crippen molar-refractivity contribution in [1.82, 2.24) is 14.7 Å². The van der Waals surface area contributed by atoms with Crippen molar-refractivity contribution in [2.24, 2.45) is 0 Å². The summed E-state index contributed by atoms with van der Waals surface area (Å²) in [6, 6.07) is 6.10. The third-order valence-corrected chi connectivity index (χ3v) is 4.89. The van der Waals surface area contributed by atoms with Crippen LogP contribution >= 0.6 is 0 Å². The Morgan fingerprint density at radius 1 is 1.00 bits per heavy atom. The van der Waals surface area contributed by atoms with Gasteiger partial charge in [-0.25, -0.2) is 4.39 Å². The van der Waals surface area contributed by atoms with Gasteiger partial charge < -0.3 is 14.4 Å².